The first-order valence-electron chi connectivity index (χ1n) is 5.49. The van der Waals surface area contributed by atoms with Crippen LogP contribution in [0.1, 0.15) is 0 Å². The Bertz CT molecular complexity index is 301. The maximum Gasteiger partial charge on any atom is 0.124 e. The molecule has 1 N–H and O–H groups in total. The Morgan fingerprint density at radius 3 is 2.60 bits per heavy atom. The van der Waals surface area contributed by atoms with E-state index in [0.29, 0.717) is 6.04 Å². The normalized spacial score (nSPS) is 24.1. The van der Waals surface area contributed by atoms with Crippen molar-refractivity contribution >= 4 is 5.82 Å². The summed E-state index contributed by atoms with van der Waals surface area (Å²) in [5.74, 6) is 1.14. The molecule has 0 amide bonds. The smallest absolute Gasteiger partial charge is 0.124 e. The zero-order valence-corrected chi connectivity index (χ0v) is 8.72. The highest BCUT2D eigenvalue weighted by Gasteiger charge is 2.28. The molecule has 0 radical (unpaired) electrons. The minimum Gasteiger partial charge on any atom is -0.378 e. The Kier molecular flexibility index (Phi) is 2.34. The molecular formula is C10H16N4O. The molecule has 0 spiro atoms. The summed E-state index contributed by atoms with van der Waals surface area (Å²) in [7, 11) is 0. The summed E-state index contributed by atoms with van der Waals surface area (Å²) in [4.78, 5) is 4.87. The van der Waals surface area contributed by atoms with Crippen LogP contribution in [0, 0.1) is 0 Å². The van der Waals surface area contributed by atoms with Gasteiger partial charge in [0.05, 0.1) is 25.5 Å². The highest BCUT2D eigenvalue weighted by atomic mass is 16.5. The lowest BCUT2D eigenvalue weighted by molar-refractivity contribution is -0.0661. The Labute approximate surface area is 89.0 Å². The van der Waals surface area contributed by atoms with Crippen molar-refractivity contribution in [1.29, 1.82) is 0 Å². The standard InChI is InChI=1S/C10H16N4O/c1-2-11-12-10(1)14-5-3-13(4-6-14)9-7-15-8-9/h1-2,9H,3-8H2,(H,11,12). The first-order valence-corrected chi connectivity index (χ1v) is 5.49. The van der Waals surface area contributed by atoms with E-state index in [1.54, 1.807) is 0 Å². The van der Waals surface area contributed by atoms with Crippen molar-refractivity contribution in [3.05, 3.63) is 12.3 Å². The van der Waals surface area contributed by atoms with Crippen molar-refractivity contribution < 1.29 is 4.74 Å². The van der Waals surface area contributed by atoms with Crippen LogP contribution in [0.15, 0.2) is 12.3 Å². The third-order valence-corrected chi connectivity index (χ3v) is 3.28. The second-order valence-corrected chi connectivity index (χ2v) is 4.16. The van der Waals surface area contributed by atoms with Gasteiger partial charge in [-0.25, -0.2) is 0 Å². The summed E-state index contributed by atoms with van der Waals surface area (Å²) in [5.41, 5.74) is 0. The molecule has 5 heteroatoms. The van der Waals surface area contributed by atoms with Gasteiger partial charge in [-0.3, -0.25) is 10.00 Å². The maximum absolute atomic E-state index is 5.22. The molecule has 0 unspecified atom stereocenters. The summed E-state index contributed by atoms with van der Waals surface area (Å²) in [6.07, 6.45) is 1.81. The van der Waals surface area contributed by atoms with Gasteiger partial charge in [-0.1, -0.05) is 0 Å². The largest absolute Gasteiger partial charge is 0.378 e. The van der Waals surface area contributed by atoms with E-state index in [4.69, 9.17) is 4.74 Å². The minimum absolute atomic E-state index is 0.675. The first-order chi connectivity index (χ1) is 7.43. The number of hydrogen-bond acceptors (Lipinski definition) is 4. The van der Waals surface area contributed by atoms with Gasteiger partial charge in [0.15, 0.2) is 0 Å². The number of aromatic nitrogens is 2. The van der Waals surface area contributed by atoms with Gasteiger partial charge in [-0.2, -0.15) is 5.10 Å². The SMILES string of the molecule is c1cc(N2CCN(C3COC3)CC2)[nH]n1. The van der Waals surface area contributed by atoms with Crippen molar-refractivity contribution in [3.63, 3.8) is 0 Å². The van der Waals surface area contributed by atoms with Crippen LogP contribution in [0.25, 0.3) is 0 Å². The zero-order chi connectivity index (χ0) is 10.1. The number of piperazine rings is 1. The van der Waals surface area contributed by atoms with Gasteiger partial charge >= 0.3 is 0 Å². The number of aromatic amines is 1. The van der Waals surface area contributed by atoms with E-state index in [-0.39, 0.29) is 0 Å². The quantitative estimate of drug-likeness (QED) is 0.739. The van der Waals surface area contributed by atoms with Crippen molar-refractivity contribution in [3.8, 4) is 0 Å². The molecule has 0 aliphatic carbocycles. The number of rotatable bonds is 2. The molecule has 0 bridgehead atoms. The Hall–Kier alpha value is -1.07. The summed E-state index contributed by atoms with van der Waals surface area (Å²) in [6.45, 7) is 6.27. The highest BCUT2D eigenvalue weighted by molar-refractivity contribution is 5.37. The van der Waals surface area contributed by atoms with E-state index in [1.165, 1.54) is 0 Å². The van der Waals surface area contributed by atoms with Crippen LogP contribution in [0.4, 0.5) is 5.82 Å². The molecule has 2 saturated heterocycles. The lowest BCUT2D eigenvalue weighted by atomic mass is 10.2. The monoisotopic (exact) mass is 208 g/mol. The van der Waals surface area contributed by atoms with Crippen molar-refractivity contribution in [2.24, 2.45) is 0 Å². The predicted molar refractivity (Wildman–Crippen MR) is 57.0 cm³/mol. The van der Waals surface area contributed by atoms with E-state index < -0.39 is 0 Å². The molecule has 2 fully saturated rings. The summed E-state index contributed by atoms with van der Waals surface area (Å²) >= 11 is 0. The topological polar surface area (TPSA) is 44.4 Å². The third kappa shape index (κ3) is 1.72. The van der Waals surface area contributed by atoms with E-state index in [1.807, 2.05) is 12.3 Å². The Morgan fingerprint density at radius 1 is 1.27 bits per heavy atom. The van der Waals surface area contributed by atoms with Gasteiger partial charge in [-0.15, -0.1) is 0 Å². The molecule has 0 aromatic carbocycles. The zero-order valence-electron chi connectivity index (χ0n) is 8.72. The maximum atomic E-state index is 5.22. The molecule has 3 heterocycles. The van der Waals surface area contributed by atoms with Crippen LogP contribution < -0.4 is 4.90 Å². The number of H-pyrrole nitrogens is 1. The number of hydrogen-bond donors (Lipinski definition) is 1. The highest BCUT2D eigenvalue weighted by Crippen LogP contribution is 2.16. The predicted octanol–water partition coefficient (Wildman–Crippen LogP) is -0.0695. The van der Waals surface area contributed by atoms with Crippen LogP contribution in [0.5, 0.6) is 0 Å². The number of nitrogens with zero attached hydrogens (tertiary/aromatic N) is 3. The van der Waals surface area contributed by atoms with Gasteiger partial charge < -0.3 is 9.64 Å². The van der Waals surface area contributed by atoms with E-state index in [9.17, 15) is 0 Å². The number of ether oxygens (including phenoxy) is 1. The molecule has 3 rings (SSSR count). The van der Waals surface area contributed by atoms with Gasteiger partial charge in [-0.05, 0) is 0 Å². The second kappa shape index (κ2) is 3.83. The van der Waals surface area contributed by atoms with Crippen molar-refractivity contribution in [1.82, 2.24) is 15.1 Å². The van der Waals surface area contributed by atoms with Crippen LogP contribution in [-0.2, 0) is 4.74 Å². The first kappa shape index (κ1) is 9.18. The molecule has 2 aliphatic heterocycles. The van der Waals surface area contributed by atoms with Gasteiger partial charge in [0, 0.05) is 32.2 Å². The molecule has 2 aliphatic rings. The number of anilines is 1. The molecule has 1 aromatic rings. The molecule has 82 valence electrons. The minimum atomic E-state index is 0.675. The van der Waals surface area contributed by atoms with Crippen LogP contribution in [0.2, 0.25) is 0 Å². The lowest BCUT2D eigenvalue weighted by Crippen LogP contribution is -2.56. The van der Waals surface area contributed by atoms with Gasteiger partial charge in [0.2, 0.25) is 0 Å². The molecule has 15 heavy (non-hydrogen) atoms. The van der Waals surface area contributed by atoms with E-state index in [0.717, 1.165) is 45.2 Å². The summed E-state index contributed by atoms with van der Waals surface area (Å²) in [6, 6.07) is 2.70. The van der Waals surface area contributed by atoms with Crippen molar-refractivity contribution in [2.75, 3.05) is 44.3 Å². The van der Waals surface area contributed by atoms with Gasteiger partial charge in [0.25, 0.3) is 0 Å². The molecule has 5 nitrogen and oxygen atoms in total. The second-order valence-electron chi connectivity index (χ2n) is 4.16. The van der Waals surface area contributed by atoms with Crippen LogP contribution >= 0.6 is 0 Å². The molecule has 0 atom stereocenters. The molecule has 0 saturated carbocycles. The van der Waals surface area contributed by atoms with E-state index in [2.05, 4.69) is 20.0 Å². The fourth-order valence-electron chi connectivity index (χ4n) is 2.19. The molecule has 1 aromatic heterocycles. The van der Waals surface area contributed by atoms with Gasteiger partial charge in [0.1, 0.15) is 5.82 Å². The Morgan fingerprint density at radius 2 is 2.07 bits per heavy atom. The lowest BCUT2D eigenvalue weighted by Gasteiger charge is -2.42. The van der Waals surface area contributed by atoms with E-state index >= 15 is 0 Å². The average Bonchev–Trinajstić information content (AvgIpc) is 2.69. The summed E-state index contributed by atoms with van der Waals surface area (Å²) < 4.78 is 5.22. The van der Waals surface area contributed by atoms with Crippen molar-refractivity contribution in [2.45, 2.75) is 6.04 Å². The average molecular weight is 208 g/mol. The Balaban J connectivity index is 1.56. The van der Waals surface area contributed by atoms with Crippen LogP contribution in [0.3, 0.4) is 0 Å². The fourth-order valence-corrected chi connectivity index (χ4v) is 2.19. The molecular weight excluding hydrogens is 192 g/mol. The third-order valence-electron chi connectivity index (χ3n) is 3.28. The van der Waals surface area contributed by atoms with Crippen LogP contribution in [-0.4, -0.2) is 60.5 Å². The fraction of sp³-hybridized carbons (Fsp3) is 0.700. The summed E-state index contributed by atoms with van der Waals surface area (Å²) in [5, 5.41) is 6.99. The number of nitrogens with one attached hydrogen (secondary N) is 1.